The quantitative estimate of drug-likeness (QED) is 0.599. The Hall–Kier alpha value is -0.490. The van der Waals surface area contributed by atoms with Crippen molar-refractivity contribution in [3.63, 3.8) is 0 Å². The molecule has 0 bridgehead atoms. The molecule has 1 heteroatoms. The summed E-state index contributed by atoms with van der Waals surface area (Å²) in [5, 5.41) is 0.793. The second-order valence-corrected chi connectivity index (χ2v) is 3.43. The Labute approximate surface area is 73.2 Å². The lowest BCUT2D eigenvalue weighted by Gasteiger charge is -2.08. The standard InChI is InChI=1S/C10H12Cl/c1-7(2)10-6-9(11)5-4-8(10)3/h4-7H,3H2,1-2H3. The zero-order valence-electron chi connectivity index (χ0n) is 6.89. The van der Waals surface area contributed by atoms with E-state index in [1.54, 1.807) is 0 Å². The monoisotopic (exact) mass is 167 g/mol. The molecule has 0 unspecified atom stereocenters. The Morgan fingerprint density at radius 2 is 2.00 bits per heavy atom. The molecule has 0 saturated carbocycles. The molecular formula is C10H12Cl. The first kappa shape index (κ1) is 8.61. The average Bonchev–Trinajstić information content (AvgIpc) is 1.94. The Balaban J connectivity index is 3.13. The topological polar surface area (TPSA) is 0 Å². The van der Waals surface area contributed by atoms with Crippen LogP contribution < -0.4 is 0 Å². The molecule has 0 aliphatic heterocycles. The molecule has 0 atom stereocenters. The smallest absolute Gasteiger partial charge is 0.0409 e. The van der Waals surface area contributed by atoms with Crippen LogP contribution in [0, 0.1) is 6.92 Å². The predicted octanol–water partition coefficient (Wildman–Crippen LogP) is 3.65. The number of halogens is 1. The van der Waals surface area contributed by atoms with Gasteiger partial charge in [-0.25, -0.2) is 0 Å². The molecule has 0 spiro atoms. The molecule has 0 saturated heterocycles. The van der Waals surface area contributed by atoms with E-state index in [4.69, 9.17) is 11.6 Å². The van der Waals surface area contributed by atoms with Crippen LogP contribution in [0.2, 0.25) is 5.02 Å². The van der Waals surface area contributed by atoms with E-state index in [1.807, 2.05) is 18.2 Å². The van der Waals surface area contributed by atoms with Gasteiger partial charge in [-0.2, -0.15) is 0 Å². The second-order valence-electron chi connectivity index (χ2n) is 3.00. The van der Waals surface area contributed by atoms with E-state index in [9.17, 15) is 0 Å². The van der Waals surface area contributed by atoms with Crippen LogP contribution in [0.15, 0.2) is 18.2 Å². The summed E-state index contributed by atoms with van der Waals surface area (Å²) < 4.78 is 0. The molecule has 1 aromatic carbocycles. The summed E-state index contributed by atoms with van der Waals surface area (Å²) in [5.74, 6) is 0.501. The van der Waals surface area contributed by atoms with Crippen LogP contribution in [0.3, 0.4) is 0 Å². The largest absolute Gasteiger partial charge is 0.0843 e. The van der Waals surface area contributed by atoms with Gasteiger partial charge < -0.3 is 0 Å². The van der Waals surface area contributed by atoms with E-state index < -0.39 is 0 Å². The van der Waals surface area contributed by atoms with Crippen LogP contribution >= 0.6 is 11.6 Å². The lowest BCUT2D eigenvalue weighted by atomic mass is 9.98. The van der Waals surface area contributed by atoms with Crippen molar-refractivity contribution in [3.05, 3.63) is 41.3 Å². The van der Waals surface area contributed by atoms with Crippen LogP contribution in [0.25, 0.3) is 0 Å². The van der Waals surface area contributed by atoms with Gasteiger partial charge in [0, 0.05) is 5.02 Å². The van der Waals surface area contributed by atoms with Gasteiger partial charge >= 0.3 is 0 Å². The maximum absolute atomic E-state index is 5.83. The summed E-state index contributed by atoms with van der Waals surface area (Å²) in [7, 11) is 0. The first-order valence-electron chi connectivity index (χ1n) is 3.72. The van der Waals surface area contributed by atoms with Crippen LogP contribution in [0.4, 0.5) is 0 Å². The van der Waals surface area contributed by atoms with Crippen LogP contribution in [0.5, 0.6) is 0 Å². The van der Waals surface area contributed by atoms with Gasteiger partial charge in [-0.05, 0) is 36.1 Å². The summed E-state index contributed by atoms with van der Waals surface area (Å²) in [6, 6.07) is 5.81. The van der Waals surface area contributed by atoms with E-state index in [0.29, 0.717) is 5.92 Å². The fourth-order valence-corrected chi connectivity index (χ4v) is 1.28. The Kier molecular flexibility index (Phi) is 2.56. The maximum Gasteiger partial charge on any atom is 0.0409 e. The lowest BCUT2D eigenvalue weighted by molar-refractivity contribution is 0.862. The number of benzene rings is 1. The number of rotatable bonds is 1. The molecule has 1 rings (SSSR count). The maximum atomic E-state index is 5.83. The van der Waals surface area contributed by atoms with Crippen molar-refractivity contribution in [1.29, 1.82) is 0 Å². The predicted molar refractivity (Wildman–Crippen MR) is 50.0 cm³/mol. The van der Waals surface area contributed by atoms with Crippen molar-refractivity contribution in [2.24, 2.45) is 0 Å². The zero-order chi connectivity index (χ0) is 8.43. The van der Waals surface area contributed by atoms with Crippen molar-refractivity contribution >= 4 is 11.6 Å². The van der Waals surface area contributed by atoms with Crippen molar-refractivity contribution < 1.29 is 0 Å². The summed E-state index contributed by atoms with van der Waals surface area (Å²) >= 11 is 5.83. The molecule has 0 aliphatic carbocycles. The Morgan fingerprint density at radius 3 is 2.45 bits per heavy atom. The van der Waals surface area contributed by atoms with Crippen LogP contribution in [-0.4, -0.2) is 0 Å². The second kappa shape index (κ2) is 3.27. The first-order valence-corrected chi connectivity index (χ1v) is 4.10. The summed E-state index contributed by atoms with van der Waals surface area (Å²) in [6.07, 6.45) is 0. The summed E-state index contributed by atoms with van der Waals surface area (Å²) in [6.45, 7) is 8.20. The van der Waals surface area contributed by atoms with Crippen molar-refractivity contribution in [1.82, 2.24) is 0 Å². The minimum absolute atomic E-state index is 0.501. The fraction of sp³-hybridized carbons (Fsp3) is 0.300. The average molecular weight is 168 g/mol. The van der Waals surface area contributed by atoms with E-state index in [1.165, 1.54) is 5.56 Å². The Morgan fingerprint density at radius 1 is 1.36 bits per heavy atom. The molecule has 59 valence electrons. The highest BCUT2D eigenvalue weighted by molar-refractivity contribution is 6.30. The molecule has 1 radical (unpaired) electrons. The highest BCUT2D eigenvalue weighted by atomic mass is 35.5. The Bertz CT molecular complexity index is 251. The minimum atomic E-state index is 0.501. The molecule has 0 amide bonds. The normalized spacial score (nSPS) is 10.6. The minimum Gasteiger partial charge on any atom is -0.0843 e. The molecular weight excluding hydrogens is 156 g/mol. The molecule has 0 aromatic heterocycles. The van der Waals surface area contributed by atoms with Crippen LogP contribution in [0.1, 0.15) is 30.9 Å². The van der Waals surface area contributed by atoms with Crippen molar-refractivity contribution in [2.75, 3.05) is 0 Å². The summed E-state index contributed by atoms with van der Waals surface area (Å²) in [4.78, 5) is 0. The molecule has 11 heavy (non-hydrogen) atoms. The highest BCUT2D eigenvalue weighted by Crippen LogP contribution is 2.22. The van der Waals surface area contributed by atoms with Gasteiger partial charge in [-0.15, -0.1) is 0 Å². The first-order chi connectivity index (χ1) is 5.11. The van der Waals surface area contributed by atoms with Gasteiger partial charge in [0.15, 0.2) is 0 Å². The highest BCUT2D eigenvalue weighted by Gasteiger charge is 2.02. The number of hydrogen-bond acceptors (Lipinski definition) is 0. The lowest BCUT2D eigenvalue weighted by Crippen LogP contribution is -1.90. The third-order valence-corrected chi connectivity index (χ3v) is 1.97. The van der Waals surface area contributed by atoms with Gasteiger partial charge in [0.2, 0.25) is 0 Å². The van der Waals surface area contributed by atoms with Gasteiger partial charge in [-0.3, -0.25) is 0 Å². The molecule has 0 nitrogen and oxygen atoms in total. The van der Waals surface area contributed by atoms with Crippen molar-refractivity contribution in [2.45, 2.75) is 19.8 Å². The van der Waals surface area contributed by atoms with E-state index >= 15 is 0 Å². The molecule has 0 N–H and O–H groups in total. The molecule has 0 aliphatic rings. The van der Waals surface area contributed by atoms with E-state index in [2.05, 4.69) is 20.8 Å². The molecule has 0 fully saturated rings. The van der Waals surface area contributed by atoms with E-state index in [-0.39, 0.29) is 0 Å². The van der Waals surface area contributed by atoms with Gasteiger partial charge in [0.25, 0.3) is 0 Å². The fourth-order valence-electron chi connectivity index (χ4n) is 1.10. The molecule has 1 aromatic rings. The van der Waals surface area contributed by atoms with E-state index in [0.717, 1.165) is 10.6 Å². The molecule has 0 heterocycles. The third kappa shape index (κ3) is 1.97. The van der Waals surface area contributed by atoms with Gasteiger partial charge in [-0.1, -0.05) is 31.5 Å². The van der Waals surface area contributed by atoms with Crippen LogP contribution in [-0.2, 0) is 0 Å². The zero-order valence-corrected chi connectivity index (χ0v) is 7.65. The third-order valence-electron chi connectivity index (χ3n) is 1.73. The van der Waals surface area contributed by atoms with Crippen molar-refractivity contribution in [3.8, 4) is 0 Å². The SMILES string of the molecule is [CH2]c1ccc(Cl)cc1C(C)C. The van der Waals surface area contributed by atoms with Gasteiger partial charge in [0.05, 0.1) is 0 Å². The summed E-state index contributed by atoms with van der Waals surface area (Å²) in [5.41, 5.74) is 2.31. The number of hydrogen-bond donors (Lipinski definition) is 0. The van der Waals surface area contributed by atoms with Gasteiger partial charge in [0.1, 0.15) is 0 Å².